The highest BCUT2D eigenvalue weighted by atomic mass is 16.6. The van der Waals surface area contributed by atoms with E-state index in [0.29, 0.717) is 12.8 Å². The van der Waals surface area contributed by atoms with Gasteiger partial charge in [-0.25, -0.2) is 9.59 Å². The van der Waals surface area contributed by atoms with E-state index in [0.717, 1.165) is 32.9 Å². The van der Waals surface area contributed by atoms with Crippen molar-refractivity contribution in [2.45, 2.75) is 24.9 Å². The summed E-state index contributed by atoms with van der Waals surface area (Å²) in [4.78, 5) is 53.9. The molecule has 0 fully saturated rings. The highest BCUT2D eigenvalue weighted by Crippen LogP contribution is 2.21. The number of rotatable bonds is 10. The molecule has 33 heavy (non-hydrogen) atoms. The van der Waals surface area contributed by atoms with E-state index >= 15 is 0 Å². The third-order valence-corrected chi connectivity index (χ3v) is 5.51. The summed E-state index contributed by atoms with van der Waals surface area (Å²) in [7, 11) is 0. The van der Waals surface area contributed by atoms with E-state index in [1.165, 1.54) is 0 Å². The maximum absolute atomic E-state index is 12.7. The van der Waals surface area contributed by atoms with Crippen molar-refractivity contribution in [2.24, 2.45) is 0 Å². The van der Waals surface area contributed by atoms with Crippen LogP contribution in [0.4, 0.5) is 0 Å². The lowest BCUT2D eigenvalue weighted by Crippen LogP contribution is -2.45. The van der Waals surface area contributed by atoms with E-state index in [4.69, 9.17) is 4.74 Å². The van der Waals surface area contributed by atoms with E-state index in [2.05, 4.69) is 20.6 Å². The number of fused-ring (bicyclic) bond motifs is 2. The average molecular weight is 446 g/mol. The Bertz CT molecular complexity index is 1210. The minimum absolute atomic E-state index is 0.128. The molecule has 2 heterocycles. The number of para-hydroxylation sites is 2. The van der Waals surface area contributed by atoms with Crippen LogP contribution >= 0.6 is 0 Å². The van der Waals surface area contributed by atoms with Gasteiger partial charge >= 0.3 is 11.9 Å². The lowest BCUT2D eigenvalue weighted by Gasteiger charge is -2.17. The molecule has 4 N–H and O–H groups in total. The summed E-state index contributed by atoms with van der Waals surface area (Å²) in [6, 6.07) is 12.9. The van der Waals surface area contributed by atoms with E-state index in [9.17, 15) is 19.2 Å². The predicted octanol–water partition coefficient (Wildman–Crippen LogP) is 1.73. The molecule has 4 rings (SSSR count). The number of H-pyrrole nitrogens is 2. The predicted molar refractivity (Wildman–Crippen MR) is 121 cm³/mol. The van der Waals surface area contributed by atoms with Crippen molar-refractivity contribution in [2.75, 3.05) is 0 Å². The van der Waals surface area contributed by atoms with Crippen LogP contribution in [0, 0.1) is 0 Å². The number of nitrogens with one attached hydrogen (secondary N) is 4. The van der Waals surface area contributed by atoms with Gasteiger partial charge in [-0.05, 0) is 23.3 Å². The fraction of sp³-hybridized carbons (Fsp3) is 0.167. The van der Waals surface area contributed by atoms with Gasteiger partial charge in [-0.2, -0.15) is 0 Å². The summed E-state index contributed by atoms with van der Waals surface area (Å²) < 4.78 is 5.06. The molecule has 168 valence electrons. The third kappa shape index (κ3) is 4.77. The number of benzene rings is 2. The van der Waals surface area contributed by atoms with Crippen LogP contribution in [0.15, 0.2) is 60.9 Å². The van der Waals surface area contributed by atoms with E-state index < -0.39 is 24.0 Å². The van der Waals surface area contributed by atoms with Crippen LogP contribution in [0.3, 0.4) is 0 Å². The number of carbonyl (C=O) groups is 4. The molecular formula is C24H22N4O5. The van der Waals surface area contributed by atoms with Gasteiger partial charge in [0.2, 0.25) is 12.8 Å². The van der Waals surface area contributed by atoms with Crippen molar-refractivity contribution in [3.8, 4) is 0 Å². The molecule has 2 atom stereocenters. The van der Waals surface area contributed by atoms with Gasteiger partial charge in [0, 0.05) is 47.0 Å². The molecule has 2 aromatic carbocycles. The molecule has 0 aliphatic rings. The molecule has 9 heteroatoms. The zero-order chi connectivity index (χ0) is 23.2. The van der Waals surface area contributed by atoms with Crippen LogP contribution < -0.4 is 10.6 Å². The second-order valence-electron chi connectivity index (χ2n) is 7.54. The van der Waals surface area contributed by atoms with Crippen molar-refractivity contribution < 1.29 is 23.9 Å². The molecule has 2 amide bonds. The first kappa shape index (κ1) is 21.8. The van der Waals surface area contributed by atoms with Gasteiger partial charge in [0.1, 0.15) is 12.1 Å². The van der Waals surface area contributed by atoms with Gasteiger partial charge in [0.05, 0.1) is 0 Å². The Labute approximate surface area is 188 Å². The van der Waals surface area contributed by atoms with Crippen LogP contribution in [0.1, 0.15) is 11.1 Å². The minimum Gasteiger partial charge on any atom is -0.390 e. The monoisotopic (exact) mass is 446 g/mol. The molecule has 2 aromatic heterocycles. The molecule has 4 aromatic rings. The Morgan fingerprint density at radius 3 is 1.61 bits per heavy atom. The normalized spacial score (nSPS) is 12.7. The van der Waals surface area contributed by atoms with Crippen molar-refractivity contribution in [3.05, 3.63) is 72.1 Å². The molecule has 0 saturated carbocycles. The number of ether oxygens (including phenoxy) is 1. The lowest BCUT2D eigenvalue weighted by atomic mass is 10.0. The largest absolute Gasteiger partial charge is 0.390 e. The van der Waals surface area contributed by atoms with Crippen molar-refractivity contribution in [1.29, 1.82) is 0 Å². The summed E-state index contributed by atoms with van der Waals surface area (Å²) in [5.74, 6) is -1.82. The number of aromatic amines is 2. The highest BCUT2D eigenvalue weighted by Gasteiger charge is 2.28. The first-order valence-electron chi connectivity index (χ1n) is 10.4. The number of carbonyl (C=O) groups excluding carboxylic acids is 4. The second-order valence-corrected chi connectivity index (χ2v) is 7.54. The third-order valence-electron chi connectivity index (χ3n) is 5.51. The molecular weight excluding hydrogens is 424 g/mol. The second kappa shape index (κ2) is 9.82. The van der Waals surface area contributed by atoms with Gasteiger partial charge in [0.15, 0.2) is 0 Å². The molecule has 0 aliphatic carbocycles. The fourth-order valence-corrected chi connectivity index (χ4v) is 3.87. The Balaban J connectivity index is 1.48. The quantitative estimate of drug-likeness (QED) is 0.167. The van der Waals surface area contributed by atoms with Gasteiger partial charge in [-0.1, -0.05) is 36.4 Å². The standard InChI is InChI=1S/C24H22N4O5/c29-13-27-21(9-15-11-25-19-7-3-1-5-17(15)19)23(31)33-24(32)22(28-14-30)10-16-12-26-20-8-4-2-6-18(16)20/h1-8,11-14,21-22,25-26H,9-10H2,(H,27,29)(H,28,30)/t21-,22-/m0/s1. The molecule has 0 aliphatic heterocycles. The van der Waals surface area contributed by atoms with Crippen LogP contribution in [0.5, 0.6) is 0 Å². The Morgan fingerprint density at radius 1 is 0.758 bits per heavy atom. The van der Waals surface area contributed by atoms with Gasteiger partial charge in [-0.3, -0.25) is 9.59 Å². The minimum atomic E-state index is -1.07. The van der Waals surface area contributed by atoms with E-state index in [1.807, 2.05) is 48.5 Å². The van der Waals surface area contributed by atoms with Gasteiger partial charge in [-0.15, -0.1) is 0 Å². The molecule has 0 bridgehead atoms. The van der Waals surface area contributed by atoms with Crippen molar-refractivity contribution in [1.82, 2.24) is 20.6 Å². The molecule has 0 radical (unpaired) electrons. The topological polar surface area (TPSA) is 133 Å². The zero-order valence-corrected chi connectivity index (χ0v) is 17.5. The summed E-state index contributed by atoms with van der Waals surface area (Å²) in [6.07, 6.45) is 4.52. The average Bonchev–Trinajstić information content (AvgIpc) is 3.43. The maximum atomic E-state index is 12.7. The molecule has 0 unspecified atom stereocenters. The van der Waals surface area contributed by atoms with Crippen LogP contribution in [0.2, 0.25) is 0 Å². The van der Waals surface area contributed by atoms with Crippen LogP contribution in [-0.4, -0.2) is 46.8 Å². The van der Waals surface area contributed by atoms with Gasteiger partial charge in [0.25, 0.3) is 0 Å². The summed E-state index contributed by atoms with van der Waals surface area (Å²) >= 11 is 0. The van der Waals surface area contributed by atoms with Crippen molar-refractivity contribution in [3.63, 3.8) is 0 Å². The van der Waals surface area contributed by atoms with E-state index in [-0.39, 0.29) is 12.8 Å². The highest BCUT2D eigenvalue weighted by molar-refractivity contribution is 5.94. The lowest BCUT2D eigenvalue weighted by molar-refractivity contribution is -0.163. The summed E-state index contributed by atoms with van der Waals surface area (Å²) in [5.41, 5.74) is 3.35. The molecule has 0 saturated heterocycles. The Hall–Kier alpha value is -4.40. The first-order valence-corrected chi connectivity index (χ1v) is 10.4. The first-order chi connectivity index (χ1) is 16.1. The fourth-order valence-electron chi connectivity index (χ4n) is 3.87. The van der Waals surface area contributed by atoms with E-state index in [1.54, 1.807) is 12.4 Å². The van der Waals surface area contributed by atoms with Crippen LogP contribution in [-0.2, 0) is 36.8 Å². The van der Waals surface area contributed by atoms with Crippen LogP contribution in [0.25, 0.3) is 21.8 Å². The summed E-state index contributed by atoms with van der Waals surface area (Å²) in [6.45, 7) is 0. The number of aromatic nitrogens is 2. The number of esters is 2. The van der Waals surface area contributed by atoms with Crippen molar-refractivity contribution >= 4 is 46.6 Å². The molecule has 9 nitrogen and oxygen atoms in total. The molecule has 0 spiro atoms. The Kier molecular flexibility index (Phi) is 6.49. The number of amides is 2. The Morgan fingerprint density at radius 2 is 1.18 bits per heavy atom. The maximum Gasteiger partial charge on any atom is 0.336 e. The zero-order valence-electron chi connectivity index (χ0n) is 17.5. The summed E-state index contributed by atoms with van der Waals surface area (Å²) in [5, 5.41) is 6.63. The number of hydrogen-bond acceptors (Lipinski definition) is 5. The smallest absolute Gasteiger partial charge is 0.336 e. The SMILES string of the molecule is O=CN[C@@H](Cc1c[nH]c2ccccc12)C(=O)OC(=O)[C@H](Cc1c[nH]c2ccccc12)NC=O. The number of hydrogen-bond donors (Lipinski definition) is 4. The van der Waals surface area contributed by atoms with Gasteiger partial charge < -0.3 is 25.3 Å².